The molecule has 27 heavy (non-hydrogen) atoms. The number of hydrogen-bond acceptors (Lipinski definition) is 4. The van der Waals surface area contributed by atoms with E-state index in [-0.39, 0.29) is 29.9 Å². The summed E-state index contributed by atoms with van der Waals surface area (Å²) in [6.07, 6.45) is 0.882. The van der Waals surface area contributed by atoms with E-state index in [4.69, 9.17) is 16.3 Å². The van der Waals surface area contributed by atoms with E-state index in [0.29, 0.717) is 23.6 Å². The van der Waals surface area contributed by atoms with Crippen molar-refractivity contribution in [3.05, 3.63) is 58.6 Å². The van der Waals surface area contributed by atoms with Crippen LogP contribution >= 0.6 is 11.6 Å². The van der Waals surface area contributed by atoms with E-state index in [1.165, 1.54) is 16.4 Å². The molecule has 0 spiro atoms. The molecule has 0 saturated carbocycles. The highest BCUT2D eigenvalue weighted by Crippen LogP contribution is 2.26. The fraction of sp³-hybridized carbons (Fsp3) is 0.350. The quantitative estimate of drug-likeness (QED) is 0.568. The molecule has 144 valence electrons. The molecule has 0 aliphatic carbocycles. The van der Waals surface area contributed by atoms with Gasteiger partial charge in [-0.25, -0.2) is 8.42 Å². The monoisotopic (exact) mass is 407 g/mol. The van der Waals surface area contributed by atoms with E-state index in [9.17, 15) is 13.2 Å². The average Bonchev–Trinajstić information content (AvgIpc) is 2.65. The predicted octanol–water partition coefficient (Wildman–Crippen LogP) is 3.96. The molecule has 0 N–H and O–H groups in total. The fourth-order valence-electron chi connectivity index (χ4n) is 3.06. The highest BCUT2D eigenvalue weighted by molar-refractivity contribution is 7.89. The Morgan fingerprint density at radius 2 is 1.67 bits per heavy atom. The van der Waals surface area contributed by atoms with E-state index in [2.05, 4.69) is 0 Å². The Morgan fingerprint density at radius 3 is 2.26 bits per heavy atom. The number of hydrogen-bond donors (Lipinski definition) is 0. The number of rotatable bonds is 4. The molecule has 0 atom stereocenters. The molecule has 1 saturated heterocycles. The van der Waals surface area contributed by atoms with Crippen molar-refractivity contribution < 1.29 is 17.9 Å². The Labute approximate surface area is 165 Å². The van der Waals surface area contributed by atoms with Gasteiger partial charge in [-0.1, -0.05) is 17.7 Å². The van der Waals surface area contributed by atoms with Crippen LogP contribution in [0.4, 0.5) is 0 Å². The number of carbonyl (C=O) groups excluding carboxylic acids is 1. The third-order valence-corrected chi connectivity index (χ3v) is 7.10. The first-order chi connectivity index (χ1) is 12.8. The zero-order chi connectivity index (χ0) is 19.6. The van der Waals surface area contributed by atoms with Crippen molar-refractivity contribution in [2.45, 2.75) is 31.6 Å². The summed E-state index contributed by atoms with van der Waals surface area (Å²) >= 11 is 5.83. The maximum Gasteiger partial charge on any atom is 0.314 e. The Hall–Kier alpha value is -1.89. The second-order valence-corrected chi connectivity index (χ2v) is 9.17. The van der Waals surface area contributed by atoms with Crippen LogP contribution in [-0.2, 0) is 14.8 Å². The molecule has 0 amide bonds. The second kappa shape index (κ2) is 8.00. The Kier molecular flexibility index (Phi) is 5.89. The van der Waals surface area contributed by atoms with Crippen LogP contribution in [0.1, 0.15) is 24.0 Å². The fourth-order valence-corrected chi connectivity index (χ4v) is 4.66. The SMILES string of the molecule is Cc1ccc(OC(=O)C2CCN(S(=O)(=O)c3ccc(Cl)cc3)CC2)cc1C. The largest absolute Gasteiger partial charge is 0.426 e. The molecule has 1 heterocycles. The molecule has 0 aromatic heterocycles. The van der Waals surface area contributed by atoms with Gasteiger partial charge in [-0.3, -0.25) is 4.79 Å². The minimum atomic E-state index is -3.57. The summed E-state index contributed by atoms with van der Waals surface area (Å²) in [5.74, 6) is -0.0793. The molecule has 7 heteroatoms. The summed E-state index contributed by atoms with van der Waals surface area (Å²) in [5, 5.41) is 0.488. The first-order valence-corrected chi connectivity index (χ1v) is 10.6. The number of benzene rings is 2. The summed E-state index contributed by atoms with van der Waals surface area (Å²) in [6.45, 7) is 4.54. The molecule has 2 aromatic carbocycles. The van der Waals surface area contributed by atoms with Gasteiger partial charge >= 0.3 is 5.97 Å². The van der Waals surface area contributed by atoms with Crippen LogP contribution in [0.15, 0.2) is 47.4 Å². The summed E-state index contributed by atoms with van der Waals surface area (Å²) in [5.41, 5.74) is 2.19. The highest BCUT2D eigenvalue weighted by Gasteiger charge is 2.33. The molecule has 3 rings (SSSR count). The third-order valence-electron chi connectivity index (χ3n) is 4.94. The summed E-state index contributed by atoms with van der Waals surface area (Å²) in [4.78, 5) is 12.6. The first kappa shape index (κ1) is 19.9. The zero-order valence-electron chi connectivity index (χ0n) is 15.3. The van der Waals surface area contributed by atoms with Gasteiger partial charge in [-0.2, -0.15) is 4.31 Å². The number of carbonyl (C=O) groups is 1. The normalized spacial score (nSPS) is 16.3. The van der Waals surface area contributed by atoms with Crippen molar-refractivity contribution in [3.8, 4) is 5.75 Å². The van der Waals surface area contributed by atoms with Crippen molar-refractivity contribution in [3.63, 3.8) is 0 Å². The first-order valence-electron chi connectivity index (χ1n) is 8.82. The average molecular weight is 408 g/mol. The number of nitrogens with zero attached hydrogens (tertiary/aromatic N) is 1. The molecular weight excluding hydrogens is 386 g/mol. The van der Waals surface area contributed by atoms with Crippen LogP contribution < -0.4 is 4.74 Å². The number of ether oxygens (including phenoxy) is 1. The van der Waals surface area contributed by atoms with Crippen molar-refractivity contribution in [2.24, 2.45) is 5.92 Å². The molecule has 0 radical (unpaired) electrons. The van der Waals surface area contributed by atoms with Crippen LogP contribution in [0, 0.1) is 19.8 Å². The van der Waals surface area contributed by atoms with Crippen LogP contribution in [0.25, 0.3) is 0 Å². The lowest BCUT2D eigenvalue weighted by Gasteiger charge is -2.30. The molecule has 0 unspecified atom stereocenters. The summed E-state index contributed by atoms with van der Waals surface area (Å²) in [7, 11) is -3.57. The van der Waals surface area contributed by atoms with E-state index < -0.39 is 10.0 Å². The number of sulfonamides is 1. The molecular formula is C20H22ClNO4S. The number of aryl methyl sites for hydroxylation is 2. The van der Waals surface area contributed by atoms with Crippen molar-refractivity contribution in [2.75, 3.05) is 13.1 Å². The van der Waals surface area contributed by atoms with E-state index >= 15 is 0 Å². The Morgan fingerprint density at radius 1 is 1.04 bits per heavy atom. The Balaban J connectivity index is 1.61. The van der Waals surface area contributed by atoms with Crippen molar-refractivity contribution >= 4 is 27.6 Å². The lowest BCUT2D eigenvalue weighted by molar-refractivity contribution is -0.140. The van der Waals surface area contributed by atoms with Gasteiger partial charge in [0.25, 0.3) is 0 Å². The van der Waals surface area contributed by atoms with Crippen LogP contribution in [0.2, 0.25) is 5.02 Å². The van der Waals surface area contributed by atoms with E-state index in [1.54, 1.807) is 18.2 Å². The van der Waals surface area contributed by atoms with Crippen molar-refractivity contribution in [1.82, 2.24) is 4.31 Å². The van der Waals surface area contributed by atoms with Gasteiger partial charge < -0.3 is 4.74 Å². The van der Waals surface area contributed by atoms with Crippen LogP contribution in [0.5, 0.6) is 5.75 Å². The predicted molar refractivity (Wildman–Crippen MR) is 104 cm³/mol. The van der Waals surface area contributed by atoms with Crippen molar-refractivity contribution in [1.29, 1.82) is 0 Å². The second-order valence-electron chi connectivity index (χ2n) is 6.80. The lowest BCUT2D eigenvalue weighted by atomic mass is 9.98. The molecule has 2 aromatic rings. The van der Waals surface area contributed by atoms with Gasteiger partial charge in [0.2, 0.25) is 10.0 Å². The minimum Gasteiger partial charge on any atom is -0.426 e. The maximum atomic E-state index is 12.7. The Bertz CT molecular complexity index is 933. The van der Waals surface area contributed by atoms with E-state index in [0.717, 1.165) is 11.1 Å². The summed E-state index contributed by atoms with van der Waals surface area (Å²) in [6, 6.07) is 11.6. The van der Waals surface area contributed by atoms with Crippen LogP contribution in [0.3, 0.4) is 0 Å². The zero-order valence-corrected chi connectivity index (χ0v) is 16.9. The third kappa shape index (κ3) is 4.51. The van der Waals surface area contributed by atoms with E-state index in [1.807, 2.05) is 26.0 Å². The summed E-state index contributed by atoms with van der Waals surface area (Å²) < 4.78 is 32.3. The molecule has 1 fully saturated rings. The highest BCUT2D eigenvalue weighted by atomic mass is 35.5. The van der Waals surface area contributed by atoms with Crippen LogP contribution in [-0.4, -0.2) is 31.8 Å². The minimum absolute atomic E-state index is 0.211. The van der Waals surface area contributed by atoms with Gasteiger partial charge in [0.05, 0.1) is 10.8 Å². The standard InChI is InChI=1S/C20H22ClNO4S/c1-14-3-6-18(13-15(14)2)26-20(23)16-9-11-22(12-10-16)27(24,25)19-7-4-17(21)5-8-19/h3-8,13,16H,9-12H2,1-2H3. The van der Waals surface area contributed by atoms with Gasteiger partial charge in [-0.15, -0.1) is 0 Å². The molecule has 1 aliphatic rings. The smallest absolute Gasteiger partial charge is 0.314 e. The molecule has 1 aliphatic heterocycles. The van der Waals surface area contributed by atoms with Gasteiger partial charge in [0.1, 0.15) is 5.75 Å². The molecule has 0 bridgehead atoms. The number of esters is 1. The van der Waals surface area contributed by atoms with Gasteiger partial charge in [0, 0.05) is 18.1 Å². The lowest BCUT2D eigenvalue weighted by Crippen LogP contribution is -2.41. The molecule has 5 nitrogen and oxygen atoms in total. The van der Waals surface area contributed by atoms with Gasteiger partial charge in [0.15, 0.2) is 0 Å². The number of piperidine rings is 1. The topological polar surface area (TPSA) is 63.7 Å². The number of halogens is 1. The maximum absolute atomic E-state index is 12.7. The van der Waals surface area contributed by atoms with Gasteiger partial charge in [-0.05, 0) is 74.2 Å².